The Morgan fingerprint density at radius 1 is 1.08 bits per heavy atom. The van der Waals surface area contributed by atoms with Crippen LogP contribution in [-0.4, -0.2) is 21.0 Å². The normalized spacial score (nSPS) is 10.6. The summed E-state index contributed by atoms with van der Waals surface area (Å²) in [6, 6.07) is 15.6. The van der Waals surface area contributed by atoms with Crippen LogP contribution < -0.4 is 0 Å². The molecule has 0 radical (unpaired) electrons. The average Bonchev–Trinajstić information content (AvgIpc) is 2.58. The van der Waals surface area contributed by atoms with E-state index in [1.807, 2.05) is 62.4 Å². The number of carboxylic acid groups (broad SMARTS) is 1. The molecule has 24 heavy (non-hydrogen) atoms. The molecule has 5 heteroatoms. The zero-order chi connectivity index (χ0) is 17.1. The summed E-state index contributed by atoms with van der Waals surface area (Å²) in [5, 5.41) is 9.88. The van der Waals surface area contributed by atoms with E-state index in [0.29, 0.717) is 10.9 Å². The summed E-state index contributed by atoms with van der Waals surface area (Å²) < 4.78 is 0. The Hall–Kier alpha value is -2.66. The van der Waals surface area contributed by atoms with Crippen LogP contribution in [0.15, 0.2) is 64.6 Å². The van der Waals surface area contributed by atoms with Crippen molar-refractivity contribution in [2.45, 2.75) is 23.8 Å². The lowest BCUT2D eigenvalue weighted by Crippen LogP contribution is -2.04. The smallest absolute Gasteiger partial charge is 0.340 e. The maximum Gasteiger partial charge on any atom is 0.340 e. The van der Waals surface area contributed by atoms with Crippen molar-refractivity contribution in [3.05, 3.63) is 71.4 Å². The summed E-state index contributed by atoms with van der Waals surface area (Å²) in [5.74, 6) is -0.504. The standard InChI is InChI=1S/C19H16N2O2S/c1-12-8-9-13(2)16(10-12)24-18-15(19(22)23)11-20-17(21-18)14-6-4-3-5-7-14/h3-11H,1-2H3,(H,22,23). The van der Waals surface area contributed by atoms with Crippen LogP contribution in [0, 0.1) is 13.8 Å². The summed E-state index contributed by atoms with van der Waals surface area (Å²) in [4.78, 5) is 21.2. The SMILES string of the molecule is Cc1ccc(C)c(Sc2nc(-c3ccccc3)ncc2C(=O)O)c1. The van der Waals surface area contributed by atoms with Gasteiger partial charge in [-0.05, 0) is 31.0 Å². The summed E-state index contributed by atoms with van der Waals surface area (Å²) in [6.07, 6.45) is 1.38. The third kappa shape index (κ3) is 3.46. The molecule has 2 aromatic carbocycles. The van der Waals surface area contributed by atoms with Gasteiger partial charge in [0.1, 0.15) is 10.6 Å². The van der Waals surface area contributed by atoms with Crippen LogP contribution in [0.2, 0.25) is 0 Å². The van der Waals surface area contributed by atoms with Crippen molar-refractivity contribution in [3.63, 3.8) is 0 Å². The van der Waals surface area contributed by atoms with Gasteiger partial charge in [-0.15, -0.1) is 0 Å². The number of hydrogen-bond acceptors (Lipinski definition) is 4. The van der Waals surface area contributed by atoms with Gasteiger partial charge in [0.05, 0.1) is 0 Å². The highest BCUT2D eigenvalue weighted by Gasteiger charge is 2.16. The molecular weight excluding hydrogens is 320 g/mol. The minimum atomic E-state index is -1.03. The van der Waals surface area contributed by atoms with E-state index in [1.54, 1.807) is 0 Å². The summed E-state index contributed by atoms with van der Waals surface area (Å²) >= 11 is 1.36. The fraction of sp³-hybridized carbons (Fsp3) is 0.105. The number of aryl methyl sites for hydroxylation is 2. The lowest BCUT2D eigenvalue weighted by molar-refractivity contribution is 0.0691. The second-order valence-electron chi connectivity index (χ2n) is 5.45. The average molecular weight is 336 g/mol. The topological polar surface area (TPSA) is 63.1 Å². The Labute approximate surface area is 144 Å². The predicted molar refractivity (Wildman–Crippen MR) is 94.5 cm³/mol. The number of nitrogens with zero attached hydrogens (tertiary/aromatic N) is 2. The van der Waals surface area contributed by atoms with Gasteiger partial charge >= 0.3 is 5.97 Å². The number of aromatic nitrogens is 2. The fourth-order valence-corrected chi connectivity index (χ4v) is 3.30. The molecule has 4 nitrogen and oxygen atoms in total. The van der Waals surface area contributed by atoms with Crippen LogP contribution in [0.25, 0.3) is 11.4 Å². The van der Waals surface area contributed by atoms with Crippen molar-refractivity contribution >= 4 is 17.7 Å². The first-order valence-corrected chi connectivity index (χ1v) is 8.27. The van der Waals surface area contributed by atoms with Crippen LogP contribution in [0.3, 0.4) is 0 Å². The van der Waals surface area contributed by atoms with Crippen molar-refractivity contribution in [1.29, 1.82) is 0 Å². The minimum absolute atomic E-state index is 0.112. The first kappa shape index (κ1) is 16.2. The third-order valence-corrected chi connectivity index (χ3v) is 4.73. The molecule has 0 spiro atoms. The fourth-order valence-electron chi connectivity index (χ4n) is 2.24. The molecule has 0 aliphatic carbocycles. The second kappa shape index (κ2) is 6.84. The lowest BCUT2D eigenvalue weighted by Gasteiger charge is -2.10. The highest BCUT2D eigenvalue weighted by molar-refractivity contribution is 7.99. The van der Waals surface area contributed by atoms with Crippen molar-refractivity contribution < 1.29 is 9.90 Å². The quantitative estimate of drug-likeness (QED) is 0.705. The number of carboxylic acids is 1. The molecule has 0 saturated carbocycles. The summed E-state index contributed by atoms with van der Waals surface area (Å²) in [7, 11) is 0. The van der Waals surface area contributed by atoms with E-state index in [1.165, 1.54) is 18.0 Å². The van der Waals surface area contributed by atoms with E-state index in [0.717, 1.165) is 21.6 Å². The molecule has 1 heterocycles. The van der Waals surface area contributed by atoms with Crippen LogP contribution >= 0.6 is 11.8 Å². The predicted octanol–water partition coefficient (Wildman–Crippen LogP) is 4.61. The Kier molecular flexibility index (Phi) is 4.62. The molecular formula is C19H16N2O2S. The van der Waals surface area contributed by atoms with E-state index in [9.17, 15) is 9.90 Å². The molecule has 3 aromatic rings. The van der Waals surface area contributed by atoms with Crippen LogP contribution in [0.1, 0.15) is 21.5 Å². The Balaban J connectivity index is 2.07. The molecule has 120 valence electrons. The van der Waals surface area contributed by atoms with Gasteiger partial charge in [-0.3, -0.25) is 0 Å². The summed E-state index contributed by atoms with van der Waals surface area (Å²) in [5.41, 5.74) is 3.18. The molecule has 0 fully saturated rings. The van der Waals surface area contributed by atoms with Gasteiger partial charge in [0.15, 0.2) is 5.82 Å². The molecule has 0 aliphatic rings. The highest BCUT2D eigenvalue weighted by Crippen LogP contribution is 2.33. The second-order valence-corrected chi connectivity index (χ2v) is 6.49. The summed E-state index contributed by atoms with van der Waals surface area (Å²) in [6.45, 7) is 4.01. The van der Waals surface area contributed by atoms with Crippen LogP contribution in [-0.2, 0) is 0 Å². The zero-order valence-corrected chi connectivity index (χ0v) is 14.2. The first-order chi connectivity index (χ1) is 11.5. The minimum Gasteiger partial charge on any atom is -0.478 e. The number of carbonyl (C=O) groups is 1. The number of benzene rings is 2. The van der Waals surface area contributed by atoms with E-state index >= 15 is 0 Å². The molecule has 3 rings (SSSR count). The van der Waals surface area contributed by atoms with E-state index < -0.39 is 5.97 Å². The van der Waals surface area contributed by atoms with Gasteiger partial charge in [0.2, 0.25) is 0 Å². The monoisotopic (exact) mass is 336 g/mol. The van der Waals surface area contributed by atoms with Crippen molar-refractivity contribution in [1.82, 2.24) is 9.97 Å². The van der Waals surface area contributed by atoms with Gasteiger partial charge < -0.3 is 5.11 Å². The molecule has 0 atom stereocenters. The largest absolute Gasteiger partial charge is 0.478 e. The van der Waals surface area contributed by atoms with Gasteiger partial charge in [0, 0.05) is 16.7 Å². The van der Waals surface area contributed by atoms with Gasteiger partial charge in [-0.25, -0.2) is 14.8 Å². The molecule has 0 unspecified atom stereocenters. The van der Waals surface area contributed by atoms with E-state index in [-0.39, 0.29) is 5.56 Å². The highest BCUT2D eigenvalue weighted by atomic mass is 32.2. The van der Waals surface area contributed by atoms with Gasteiger partial charge in [0.25, 0.3) is 0 Å². The van der Waals surface area contributed by atoms with Gasteiger partial charge in [-0.1, -0.05) is 54.2 Å². The molecule has 0 amide bonds. The Morgan fingerprint density at radius 3 is 2.54 bits per heavy atom. The van der Waals surface area contributed by atoms with E-state index in [2.05, 4.69) is 9.97 Å². The molecule has 0 aliphatic heterocycles. The Morgan fingerprint density at radius 2 is 1.83 bits per heavy atom. The number of aromatic carboxylic acids is 1. The molecule has 0 saturated heterocycles. The Bertz CT molecular complexity index is 895. The van der Waals surface area contributed by atoms with Crippen LogP contribution in [0.4, 0.5) is 0 Å². The third-order valence-electron chi connectivity index (χ3n) is 3.57. The van der Waals surface area contributed by atoms with Crippen molar-refractivity contribution in [2.75, 3.05) is 0 Å². The molecule has 1 N–H and O–H groups in total. The van der Waals surface area contributed by atoms with E-state index in [4.69, 9.17) is 0 Å². The van der Waals surface area contributed by atoms with Crippen molar-refractivity contribution in [2.24, 2.45) is 0 Å². The maximum atomic E-state index is 11.5. The van der Waals surface area contributed by atoms with Crippen LogP contribution in [0.5, 0.6) is 0 Å². The maximum absolute atomic E-state index is 11.5. The first-order valence-electron chi connectivity index (χ1n) is 7.45. The van der Waals surface area contributed by atoms with Crippen molar-refractivity contribution in [3.8, 4) is 11.4 Å². The lowest BCUT2D eigenvalue weighted by atomic mass is 10.2. The molecule has 0 bridgehead atoms. The number of hydrogen-bond donors (Lipinski definition) is 1. The zero-order valence-electron chi connectivity index (χ0n) is 13.4. The van der Waals surface area contributed by atoms with Gasteiger partial charge in [-0.2, -0.15) is 0 Å². The number of rotatable bonds is 4. The molecule has 1 aromatic heterocycles.